The van der Waals surface area contributed by atoms with E-state index >= 15 is 0 Å². The number of aryl methyl sites for hydroxylation is 1. The number of anilines is 1. The quantitative estimate of drug-likeness (QED) is 0.146. The smallest absolute Gasteiger partial charge is 0.266 e. The molecule has 0 N–H and O–H groups in total. The standard InChI is InChI=1S/C34H36Cl2N4O2S/c1-3-4-11-29(32(42)39-19-17-34(22-39)16-18-38(21-34)26-14-12-24(35)13-15-26)43-33-37-30-23(2)7-5-10-28(30)31(41)40(33)27-9-6-8-25(36)20-27/h5-10,12-15,20,29H,3-4,11,16-19,21-22H2,1-2H3. The molecule has 2 atom stereocenters. The number of aromatic nitrogens is 2. The Kier molecular flexibility index (Phi) is 8.77. The molecule has 4 aromatic rings. The summed E-state index contributed by atoms with van der Waals surface area (Å²) in [5.41, 5.74) is 3.36. The number of thioether (sulfide) groups is 1. The van der Waals surface area contributed by atoms with Crippen molar-refractivity contribution < 1.29 is 4.79 Å². The average Bonchev–Trinajstić information content (AvgIpc) is 3.62. The fraction of sp³-hybridized carbons (Fsp3) is 0.382. The van der Waals surface area contributed by atoms with Crippen LogP contribution in [0.4, 0.5) is 5.69 Å². The first-order valence-electron chi connectivity index (χ1n) is 15.0. The molecule has 2 fully saturated rings. The Morgan fingerprint density at radius 3 is 2.51 bits per heavy atom. The second kappa shape index (κ2) is 12.5. The number of benzene rings is 3. The van der Waals surface area contributed by atoms with Gasteiger partial charge in [-0.2, -0.15) is 0 Å². The van der Waals surface area contributed by atoms with Crippen molar-refractivity contribution in [2.45, 2.75) is 56.4 Å². The summed E-state index contributed by atoms with van der Waals surface area (Å²) in [6.45, 7) is 7.52. The van der Waals surface area contributed by atoms with Crippen LogP contribution in [0.25, 0.3) is 16.6 Å². The number of carbonyl (C=O) groups excluding carboxylic acids is 1. The van der Waals surface area contributed by atoms with Gasteiger partial charge in [0.1, 0.15) is 0 Å². The predicted molar refractivity (Wildman–Crippen MR) is 178 cm³/mol. The Morgan fingerprint density at radius 2 is 1.74 bits per heavy atom. The summed E-state index contributed by atoms with van der Waals surface area (Å²) in [4.78, 5) is 37.7. The third kappa shape index (κ3) is 6.17. The lowest BCUT2D eigenvalue weighted by Gasteiger charge is -2.27. The number of para-hydroxylation sites is 1. The highest BCUT2D eigenvalue weighted by Crippen LogP contribution is 2.42. The number of nitrogens with zero attached hydrogens (tertiary/aromatic N) is 4. The second-order valence-electron chi connectivity index (χ2n) is 11.9. The van der Waals surface area contributed by atoms with Crippen molar-refractivity contribution in [3.63, 3.8) is 0 Å². The van der Waals surface area contributed by atoms with Crippen molar-refractivity contribution in [3.05, 3.63) is 92.7 Å². The summed E-state index contributed by atoms with van der Waals surface area (Å²) < 4.78 is 1.62. The number of likely N-dealkylation sites (tertiary alicyclic amines) is 1. The number of halogens is 2. The minimum Gasteiger partial charge on any atom is -0.371 e. The molecule has 1 spiro atoms. The van der Waals surface area contributed by atoms with Gasteiger partial charge in [0.25, 0.3) is 5.56 Å². The monoisotopic (exact) mass is 634 g/mol. The molecule has 0 aliphatic carbocycles. The van der Waals surface area contributed by atoms with Crippen LogP contribution in [0.5, 0.6) is 0 Å². The molecular weight excluding hydrogens is 599 g/mol. The van der Waals surface area contributed by atoms with Crippen molar-refractivity contribution in [1.29, 1.82) is 0 Å². The van der Waals surface area contributed by atoms with Crippen LogP contribution in [0.1, 0.15) is 44.6 Å². The Morgan fingerprint density at radius 1 is 0.977 bits per heavy atom. The highest BCUT2D eigenvalue weighted by Gasteiger charge is 2.46. The Hall–Kier alpha value is -3.00. The van der Waals surface area contributed by atoms with Crippen molar-refractivity contribution in [2.75, 3.05) is 31.1 Å². The molecule has 2 aliphatic rings. The first-order valence-corrected chi connectivity index (χ1v) is 16.6. The number of rotatable bonds is 8. The molecule has 43 heavy (non-hydrogen) atoms. The number of hydrogen-bond acceptors (Lipinski definition) is 5. The number of unbranched alkanes of at least 4 members (excludes halogenated alkanes) is 1. The van der Waals surface area contributed by atoms with Gasteiger partial charge in [-0.3, -0.25) is 14.2 Å². The Balaban J connectivity index is 1.29. The number of carbonyl (C=O) groups is 1. The van der Waals surface area contributed by atoms with E-state index in [1.54, 1.807) is 16.7 Å². The molecule has 2 aliphatic heterocycles. The van der Waals surface area contributed by atoms with Gasteiger partial charge in [-0.1, -0.05) is 72.9 Å². The maximum atomic E-state index is 14.2. The van der Waals surface area contributed by atoms with E-state index in [0.717, 1.165) is 68.9 Å². The van der Waals surface area contributed by atoms with Crippen molar-refractivity contribution in [1.82, 2.24) is 14.5 Å². The zero-order valence-electron chi connectivity index (χ0n) is 24.6. The molecule has 0 bridgehead atoms. The summed E-state index contributed by atoms with van der Waals surface area (Å²) in [7, 11) is 0. The van der Waals surface area contributed by atoms with E-state index in [4.69, 9.17) is 28.2 Å². The number of amides is 1. The molecule has 3 heterocycles. The predicted octanol–water partition coefficient (Wildman–Crippen LogP) is 7.78. The third-order valence-corrected chi connectivity index (χ3v) is 10.6. The molecule has 6 rings (SSSR count). The van der Waals surface area contributed by atoms with Crippen molar-refractivity contribution in [2.24, 2.45) is 5.41 Å². The normalized spacial score (nSPS) is 19.1. The van der Waals surface area contributed by atoms with Crippen LogP contribution in [-0.2, 0) is 4.79 Å². The SMILES string of the molecule is CCCCC(Sc1nc2c(C)cccc2c(=O)n1-c1cccc(Cl)c1)C(=O)N1CCC2(CCN(c3ccc(Cl)cc3)C2)C1. The van der Waals surface area contributed by atoms with Gasteiger partial charge in [0, 0.05) is 47.3 Å². The summed E-state index contributed by atoms with van der Waals surface area (Å²) in [6.07, 6.45) is 4.68. The molecule has 0 saturated carbocycles. The summed E-state index contributed by atoms with van der Waals surface area (Å²) in [5, 5.41) is 2.00. The van der Waals surface area contributed by atoms with E-state index in [-0.39, 0.29) is 22.1 Å². The third-order valence-electron chi connectivity index (χ3n) is 8.86. The van der Waals surface area contributed by atoms with Crippen LogP contribution in [0.3, 0.4) is 0 Å². The van der Waals surface area contributed by atoms with Gasteiger partial charge in [0.15, 0.2) is 5.16 Å². The molecule has 0 radical (unpaired) electrons. The summed E-state index contributed by atoms with van der Waals surface area (Å²) in [5.74, 6) is 0.136. The fourth-order valence-electron chi connectivity index (χ4n) is 6.47. The van der Waals surface area contributed by atoms with E-state index in [1.165, 1.54) is 17.4 Å². The topological polar surface area (TPSA) is 58.4 Å². The van der Waals surface area contributed by atoms with Gasteiger partial charge < -0.3 is 9.80 Å². The average molecular weight is 636 g/mol. The molecule has 1 aromatic heterocycles. The van der Waals surface area contributed by atoms with Gasteiger partial charge >= 0.3 is 0 Å². The Labute approximate surface area is 267 Å². The molecular formula is C34H36Cl2N4O2S. The van der Waals surface area contributed by atoms with Gasteiger partial charge in [-0.15, -0.1) is 0 Å². The highest BCUT2D eigenvalue weighted by atomic mass is 35.5. The maximum absolute atomic E-state index is 14.2. The molecule has 1 amide bonds. The first-order chi connectivity index (χ1) is 20.8. The van der Waals surface area contributed by atoms with Crippen LogP contribution in [0, 0.1) is 12.3 Å². The number of hydrogen-bond donors (Lipinski definition) is 0. The fourth-order valence-corrected chi connectivity index (χ4v) is 8.01. The van der Waals surface area contributed by atoms with Crippen molar-refractivity contribution in [3.8, 4) is 5.69 Å². The molecule has 224 valence electrons. The van der Waals surface area contributed by atoms with E-state index in [0.29, 0.717) is 26.8 Å². The molecule has 9 heteroatoms. The van der Waals surface area contributed by atoms with Crippen LogP contribution >= 0.6 is 35.0 Å². The van der Waals surface area contributed by atoms with Crippen LogP contribution < -0.4 is 10.5 Å². The van der Waals surface area contributed by atoms with E-state index < -0.39 is 0 Å². The van der Waals surface area contributed by atoms with E-state index in [9.17, 15) is 9.59 Å². The molecule has 6 nitrogen and oxygen atoms in total. The lowest BCUT2D eigenvalue weighted by atomic mass is 9.86. The van der Waals surface area contributed by atoms with Gasteiger partial charge in [0.2, 0.25) is 5.91 Å². The highest BCUT2D eigenvalue weighted by molar-refractivity contribution is 8.00. The molecule has 2 saturated heterocycles. The lowest BCUT2D eigenvalue weighted by Crippen LogP contribution is -2.39. The zero-order valence-corrected chi connectivity index (χ0v) is 26.9. The zero-order chi connectivity index (χ0) is 30.1. The van der Waals surface area contributed by atoms with E-state index in [2.05, 4.69) is 28.9 Å². The minimum atomic E-state index is -0.345. The van der Waals surface area contributed by atoms with Crippen LogP contribution in [0.2, 0.25) is 10.0 Å². The molecule has 2 unspecified atom stereocenters. The lowest BCUT2D eigenvalue weighted by molar-refractivity contribution is -0.130. The van der Waals surface area contributed by atoms with Gasteiger partial charge in [0.05, 0.1) is 21.8 Å². The van der Waals surface area contributed by atoms with Crippen molar-refractivity contribution >= 4 is 57.5 Å². The van der Waals surface area contributed by atoms with Gasteiger partial charge in [-0.05, 0) is 80.3 Å². The van der Waals surface area contributed by atoms with E-state index in [1.807, 2.05) is 49.4 Å². The second-order valence-corrected chi connectivity index (χ2v) is 13.9. The maximum Gasteiger partial charge on any atom is 0.266 e. The number of fused-ring (bicyclic) bond motifs is 1. The van der Waals surface area contributed by atoms with Gasteiger partial charge in [-0.25, -0.2) is 4.98 Å². The summed E-state index contributed by atoms with van der Waals surface area (Å²) in [6, 6.07) is 20.9. The summed E-state index contributed by atoms with van der Waals surface area (Å²) >= 11 is 13.9. The van der Waals surface area contributed by atoms with Crippen LogP contribution in [-0.4, -0.2) is 51.8 Å². The Bertz CT molecular complexity index is 1710. The molecule has 3 aromatic carbocycles. The first kappa shape index (κ1) is 30.0. The minimum absolute atomic E-state index is 0.0937. The van der Waals surface area contributed by atoms with Crippen LogP contribution in [0.15, 0.2) is 76.7 Å². The largest absolute Gasteiger partial charge is 0.371 e.